The summed E-state index contributed by atoms with van der Waals surface area (Å²) in [4.78, 5) is 23.5. The normalized spacial score (nSPS) is 10.3. The van der Waals surface area contributed by atoms with Crippen LogP contribution in [-0.2, 0) is 11.3 Å². The molecular formula is C15H9Cl3FNO3. The Balaban J connectivity index is 1.98. The number of carbonyl (C=O) groups excluding carboxylic acids is 2. The average Bonchev–Trinajstić information content (AvgIpc) is 2.46. The molecule has 0 aliphatic heterocycles. The number of hydrogen-bond acceptors (Lipinski definition) is 3. The van der Waals surface area contributed by atoms with E-state index in [-0.39, 0.29) is 11.6 Å². The molecule has 0 aliphatic carbocycles. The first-order valence-corrected chi connectivity index (χ1v) is 7.38. The first-order chi connectivity index (χ1) is 10.9. The number of amides is 2. The predicted molar refractivity (Wildman–Crippen MR) is 85.5 cm³/mol. The predicted octanol–water partition coefficient (Wildman–Crippen LogP) is 4.85. The SMILES string of the molecule is O=C(NC(=O)c1c(F)cccc1Cl)OCc1ccc(Cl)cc1Cl. The Morgan fingerprint density at radius 2 is 1.83 bits per heavy atom. The van der Waals surface area contributed by atoms with Crippen LogP contribution < -0.4 is 5.32 Å². The summed E-state index contributed by atoms with van der Waals surface area (Å²) in [7, 11) is 0. The van der Waals surface area contributed by atoms with Crippen molar-refractivity contribution in [1.82, 2.24) is 5.32 Å². The molecule has 0 saturated heterocycles. The van der Waals surface area contributed by atoms with Gasteiger partial charge in [0, 0.05) is 15.6 Å². The second-order valence-electron chi connectivity index (χ2n) is 4.36. The highest BCUT2D eigenvalue weighted by Crippen LogP contribution is 2.22. The second kappa shape index (κ2) is 7.64. The standard InChI is InChI=1S/C15H9Cl3FNO3/c16-9-5-4-8(11(18)6-9)7-23-15(22)20-14(21)13-10(17)2-1-3-12(13)19/h1-6H,7H2,(H,20,21,22). The minimum absolute atomic E-state index is 0.115. The quantitative estimate of drug-likeness (QED) is 0.833. The third kappa shape index (κ3) is 4.58. The summed E-state index contributed by atoms with van der Waals surface area (Å²) in [6.07, 6.45) is -1.06. The second-order valence-corrected chi connectivity index (χ2v) is 5.61. The van der Waals surface area contributed by atoms with Gasteiger partial charge in [0.2, 0.25) is 0 Å². The summed E-state index contributed by atoms with van der Waals surface area (Å²) in [5.74, 6) is -1.84. The van der Waals surface area contributed by atoms with Crippen molar-refractivity contribution in [2.75, 3.05) is 0 Å². The lowest BCUT2D eigenvalue weighted by atomic mass is 10.2. The molecule has 0 saturated carbocycles. The maximum atomic E-state index is 13.6. The molecular weight excluding hydrogens is 368 g/mol. The molecule has 23 heavy (non-hydrogen) atoms. The number of rotatable bonds is 3. The molecule has 0 aliphatic rings. The Labute approximate surface area is 146 Å². The van der Waals surface area contributed by atoms with Crippen LogP contribution in [0.3, 0.4) is 0 Å². The first kappa shape index (κ1) is 17.5. The zero-order chi connectivity index (χ0) is 17.0. The van der Waals surface area contributed by atoms with E-state index in [1.807, 2.05) is 5.32 Å². The van der Waals surface area contributed by atoms with E-state index >= 15 is 0 Å². The monoisotopic (exact) mass is 375 g/mol. The van der Waals surface area contributed by atoms with Crippen LogP contribution in [0.25, 0.3) is 0 Å². The van der Waals surface area contributed by atoms with E-state index in [1.54, 1.807) is 12.1 Å². The number of ether oxygens (including phenoxy) is 1. The maximum Gasteiger partial charge on any atom is 0.414 e. The van der Waals surface area contributed by atoms with Crippen LogP contribution >= 0.6 is 34.8 Å². The molecule has 0 spiro atoms. The molecule has 0 aromatic heterocycles. The van der Waals surface area contributed by atoms with Crippen molar-refractivity contribution in [2.24, 2.45) is 0 Å². The molecule has 0 unspecified atom stereocenters. The topological polar surface area (TPSA) is 55.4 Å². The van der Waals surface area contributed by atoms with Crippen LogP contribution in [0, 0.1) is 5.82 Å². The van der Waals surface area contributed by atoms with E-state index in [1.165, 1.54) is 18.2 Å². The number of carbonyl (C=O) groups is 2. The molecule has 2 aromatic rings. The smallest absolute Gasteiger partial charge is 0.414 e. The number of imide groups is 1. The van der Waals surface area contributed by atoms with Crippen LogP contribution in [0.1, 0.15) is 15.9 Å². The fourth-order valence-electron chi connectivity index (χ4n) is 1.69. The van der Waals surface area contributed by atoms with Gasteiger partial charge >= 0.3 is 6.09 Å². The van der Waals surface area contributed by atoms with E-state index in [0.717, 1.165) is 6.07 Å². The van der Waals surface area contributed by atoms with E-state index in [0.29, 0.717) is 15.6 Å². The number of hydrogen-bond donors (Lipinski definition) is 1. The number of benzene rings is 2. The molecule has 2 aromatic carbocycles. The Morgan fingerprint density at radius 3 is 2.48 bits per heavy atom. The van der Waals surface area contributed by atoms with Gasteiger partial charge in [-0.15, -0.1) is 0 Å². The average molecular weight is 377 g/mol. The highest BCUT2D eigenvalue weighted by molar-refractivity contribution is 6.35. The summed E-state index contributed by atoms with van der Waals surface area (Å²) < 4.78 is 18.4. The van der Waals surface area contributed by atoms with Gasteiger partial charge in [0.05, 0.1) is 10.6 Å². The molecule has 0 fully saturated rings. The Kier molecular flexibility index (Phi) is 5.82. The Bertz CT molecular complexity index is 747. The fourth-order valence-corrected chi connectivity index (χ4v) is 2.40. The summed E-state index contributed by atoms with van der Waals surface area (Å²) in [6, 6.07) is 8.37. The minimum Gasteiger partial charge on any atom is -0.444 e. The number of alkyl carbamates (subject to hydrolysis) is 1. The Hall–Kier alpha value is -1.82. The molecule has 120 valence electrons. The number of nitrogens with one attached hydrogen (secondary N) is 1. The van der Waals surface area contributed by atoms with Gasteiger partial charge in [-0.05, 0) is 24.3 Å². The molecule has 0 heterocycles. The zero-order valence-corrected chi connectivity index (χ0v) is 13.7. The molecule has 0 radical (unpaired) electrons. The van der Waals surface area contributed by atoms with Gasteiger partial charge in [0.25, 0.3) is 5.91 Å². The van der Waals surface area contributed by atoms with Gasteiger partial charge in [0.1, 0.15) is 12.4 Å². The molecule has 2 amide bonds. The summed E-state index contributed by atoms with van der Waals surface area (Å²) >= 11 is 17.4. The lowest BCUT2D eigenvalue weighted by molar-refractivity contribution is 0.0909. The zero-order valence-electron chi connectivity index (χ0n) is 11.4. The molecule has 4 nitrogen and oxygen atoms in total. The summed E-state index contributed by atoms with van der Waals surface area (Å²) in [6.45, 7) is -0.180. The van der Waals surface area contributed by atoms with E-state index in [4.69, 9.17) is 39.5 Å². The van der Waals surface area contributed by atoms with Crippen molar-refractivity contribution in [1.29, 1.82) is 0 Å². The van der Waals surface area contributed by atoms with Gasteiger partial charge in [-0.25, -0.2) is 9.18 Å². The van der Waals surface area contributed by atoms with Crippen molar-refractivity contribution < 1.29 is 18.7 Å². The maximum absolute atomic E-state index is 13.6. The van der Waals surface area contributed by atoms with Crippen molar-refractivity contribution in [3.8, 4) is 0 Å². The van der Waals surface area contributed by atoms with Gasteiger partial charge in [-0.3, -0.25) is 10.1 Å². The van der Waals surface area contributed by atoms with Crippen molar-refractivity contribution >= 4 is 46.8 Å². The van der Waals surface area contributed by atoms with Gasteiger partial charge in [-0.2, -0.15) is 0 Å². The van der Waals surface area contributed by atoms with Crippen LogP contribution in [0.2, 0.25) is 15.1 Å². The lowest BCUT2D eigenvalue weighted by Crippen LogP contribution is -2.31. The molecule has 1 N–H and O–H groups in total. The first-order valence-electron chi connectivity index (χ1n) is 6.24. The van der Waals surface area contributed by atoms with E-state index in [9.17, 15) is 14.0 Å². The third-order valence-corrected chi connectivity index (χ3v) is 3.68. The van der Waals surface area contributed by atoms with Gasteiger partial charge < -0.3 is 4.74 Å². The van der Waals surface area contributed by atoms with Crippen molar-refractivity contribution in [2.45, 2.75) is 6.61 Å². The highest BCUT2D eigenvalue weighted by Gasteiger charge is 2.18. The van der Waals surface area contributed by atoms with Crippen LogP contribution in [0.4, 0.5) is 9.18 Å². The van der Waals surface area contributed by atoms with Crippen LogP contribution in [0.15, 0.2) is 36.4 Å². The van der Waals surface area contributed by atoms with Crippen LogP contribution in [0.5, 0.6) is 0 Å². The van der Waals surface area contributed by atoms with Gasteiger partial charge in [-0.1, -0.05) is 46.9 Å². The van der Waals surface area contributed by atoms with Gasteiger partial charge in [0.15, 0.2) is 0 Å². The van der Waals surface area contributed by atoms with Crippen LogP contribution in [-0.4, -0.2) is 12.0 Å². The highest BCUT2D eigenvalue weighted by atomic mass is 35.5. The van der Waals surface area contributed by atoms with E-state index in [2.05, 4.69) is 0 Å². The molecule has 0 atom stereocenters. The summed E-state index contributed by atoms with van der Waals surface area (Å²) in [5, 5.41) is 2.52. The Morgan fingerprint density at radius 1 is 1.09 bits per heavy atom. The fraction of sp³-hybridized carbons (Fsp3) is 0.0667. The largest absolute Gasteiger partial charge is 0.444 e. The molecule has 0 bridgehead atoms. The van der Waals surface area contributed by atoms with E-state index < -0.39 is 23.4 Å². The van der Waals surface area contributed by atoms with Crippen molar-refractivity contribution in [3.05, 3.63) is 68.4 Å². The third-order valence-electron chi connectivity index (χ3n) is 2.78. The number of halogens is 4. The lowest BCUT2D eigenvalue weighted by Gasteiger charge is -2.09. The molecule has 8 heteroatoms. The van der Waals surface area contributed by atoms with Crippen molar-refractivity contribution in [3.63, 3.8) is 0 Å². The summed E-state index contributed by atoms with van der Waals surface area (Å²) in [5.41, 5.74) is 0.0678. The molecule has 2 rings (SSSR count). The minimum atomic E-state index is -1.06.